The lowest BCUT2D eigenvalue weighted by molar-refractivity contribution is 1.31. The highest BCUT2D eigenvalue weighted by Crippen LogP contribution is 2.50. The molecule has 3 heteroatoms. The normalized spacial score (nSPS) is 11.9. The molecule has 0 radical (unpaired) electrons. The molecule has 0 atom stereocenters. The fourth-order valence-electron chi connectivity index (χ4n) is 8.33. The Morgan fingerprint density at radius 2 is 0.922 bits per heavy atom. The van der Waals surface area contributed by atoms with E-state index in [4.69, 9.17) is 0 Å². The van der Waals surface area contributed by atoms with E-state index in [0.717, 1.165) is 5.69 Å². The van der Waals surface area contributed by atoms with E-state index in [1.54, 1.807) is 0 Å². The summed E-state index contributed by atoms with van der Waals surface area (Å²) in [5.74, 6) is 0. The van der Waals surface area contributed by atoms with E-state index in [9.17, 15) is 0 Å². The Kier molecular flexibility index (Phi) is 6.16. The van der Waals surface area contributed by atoms with E-state index < -0.39 is 0 Å². The third-order valence-corrected chi connectivity index (χ3v) is 11.6. The number of anilines is 3. The van der Waals surface area contributed by atoms with Crippen LogP contribution >= 0.6 is 11.3 Å². The number of benzene rings is 8. The molecule has 2 nitrogen and oxygen atoms in total. The summed E-state index contributed by atoms with van der Waals surface area (Å²) < 4.78 is 5.06. The molecular weight excluding hydrogens is 637 g/mol. The van der Waals surface area contributed by atoms with Crippen molar-refractivity contribution >= 4 is 86.7 Å². The minimum Gasteiger partial charge on any atom is -0.309 e. The molecule has 3 aromatic heterocycles. The van der Waals surface area contributed by atoms with Gasteiger partial charge in [0.1, 0.15) is 0 Å². The molecule has 0 aliphatic heterocycles. The predicted octanol–water partition coefficient (Wildman–Crippen LogP) is 14.0. The van der Waals surface area contributed by atoms with Crippen LogP contribution in [0.25, 0.3) is 80.5 Å². The molecule has 0 saturated heterocycles. The smallest absolute Gasteiger partial charge is 0.0621 e. The maximum atomic E-state index is 2.53. The van der Waals surface area contributed by atoms with Crippen molar-refractivity contribution in [2.24, 2.45) is 0 Å². The lowest BCUT2D eigenvalue weighted by atomic mass is 9.96. The second-order valence-corrected chi connectivity index (χ2v) is 14.4. The first-order chi connectivity index (χ1) is 25.3. The molecule has 0 spiro atoms. The molecule has 0 aliphatic rings. The molecule has 11 aromatic rings. The van der Waals surface area contributed by atoms with E-state index in [1.807, 2.05) is 11.3 Å². The number of nitrogens with zero attached hydrogens (tertiary/aromatic N) is 2. The quantitative estimate of drug-likeness (QED) is 0.177. The Morgan fingerprint density at radius 3 is 1.69 bits per heavy atom. The molecule has 0 amide bonds. The summed E-state index contributed by atoms with van der Waals surface area (Å²) in [4.78, 5) is 2.53. The highest BCUT2D eigenvalue weighted by atomic mass is 32.1. The van der Waals surface area contributed by atoms with Crippen LogP contribution in [0.3, 0.4) is 0 Å². The highest BCUT2D eigenvalue weighted by Gasteiger charge is 2.25. The van der Waals surface area contributed by atoms with Gasteiger partial charge in [-0.3, -0.25) is 0 Å². The van der Waals surface area contributed by atoms with Gasteiger partial charge in [0, 0.05) is 47.4 Å². The number of rotatable bonds is 5. The van der Waals surface area contributed by atoms with Crippen molar-refractivity contribution in [2.45, 2.75) is 0 Å². The van der Waals surface area contributed by atoms with Crippen LogP contribution in [0.4, 0.5) is 17.1 Å². The van der Waals surface area contributed by atoms with E-state index in [2.05, 4.69) is 191 Å². The van der Waals surface area contributed by atoms with Gasteiger partial charge >= 0.3 is 0 Å². The summed E-state index contributed by atoms with van der Waals surface area (Å²) in [5.41, 5.74) is 12.0. The summed E-state index contributed by atoms with van der Waals surface area (Å²) in [6.07, 6.45) is 0. The van der Waals surface area contributed by atoms with Crippen LogP contribution in [0.1, 0.15) is 0 Å². The lowest BCUT2D eigenvalue weighted by Crippen LogP contribution is -2.11. The van der Waals surface area contributed by atoms with Crippen LogP contribution in [-0.4, -0.2) is 4.40 Å². The summed E-state index contributed by atoms with van der Waals surface area (Å²) in [6, 6.07) is 66.7. The van der Waals surface area contributed by atoms with Crippen molar-refractivity contribution < 1.29 is 0 Å². The van der Waals surface area contributed by atoms with Crippen LogP contribution in [-0.2, 0) is 0 Å². The monoisotopic (exact) mass is 666 g/mol. The molecule has 0 unspecified atom stereocenters. The van der Waals surface area contributed by atoms with Crippen molar-refractivity contribution in [3.63, 3.8) is 0 Å². The highest BCUT2D eigenvalue weighted by molar-refractivity contribution is 7.26. The minimum atomic E-state index is 1.13. The average molecular weight is 667 g/mol. The standard InChI is InChI=1S/C48H30N2S/c1-3-14-31(15-4-1)33-28-34(32-16-5-2-6-17-32)30-35(29-33)49(43-25-13-27-45-47(43)38-19-8-10-26-44(38)51-45)41-23-12-24-42-46(41)39-21-11-20-37-36-18-7-9-22-40(36)50(42)48(37)39/h1-30H. The topological polar surface area (TPSA) is 7.65 Å². The molecule has 8 aromatic carbocycles. The van der Waals surface area contributed by atoms with Crippen molar-refractivity contribution in [3.8, 4) is 22.3 Å². The van der Waals surface area contributed by atoms with Gasteiger partial charge < -0.3 is 9.30 Å². The molecule has 0 bridgehead atoms. The Labute approximate surface area is 299 Å². The maximum absolute atomic E-state index is 2.53. The first-order valence-electron chi connectivity index (χ1n) is 17.4. The zero-order chi connectivity index (χ0) is 33.5. The number of aromatic nitrogens is 1. The van der Waals surface area contributed by atoms with Crippen LogP contribution in [0.2, 0.25) is 0 Å². The van der Waals surface area contributed by atoms with Crippen molar-refractivity contribution in [1.29, 1.82) is 0 Å². The van der Waals surface area contributed by atoms with Gasteiger partial charge in [-0.1, -0.05) is 127 Å². The molecule has 51 heavy (non-hydrogen) atoms. The molecule has 11 rings (SSSR count). The Hall–Kier alpha value is -6.42. The Balaban J connectivity index is 1.30. The average Bonchev–Trinajstić information content (AvgIpc) is 3.87. The second kappa shape index (κ2) is 11.0. The van der Waals surface area contributed by atoms with E-state index >= 15 is 0 Å². The van der Waals surface area contributed by atoms with E-state index in [0.29, 0.717) is 0 Å². The summed E-state index contributed by atoms with van der Waals surface area (Å²) in [5, 5.41) is 7.67. The van der Waals surface area contributed by atoms with Gasteiger partial charge in [-0.25, -0.2) is 0 Å². The van der Waals surface area contributed by atoms with Crippen LogP contribution in [0, 0.1) is 0 Å². The largest absolute Gasteiger partial charge is 0.309 e. The second-order valence-electron chi connectivity index (χ2n) is 13.3. The molecule has 3 heterocycles. The number of para-hydroxylation sites is 2. The van der Waals surface area contributed by atoms with Gasteiger partial charge in [-0.15, -0.1) is 11.3 Å². The molecule has 0 fully saturated rings. The first-order valence-corrected chi connectivity index (χ1v) is 18.3. The Morgan fingerprint density at radius 1 is 0.373 bits per heavy atom. The Bertz CT molecular complexity index is 3020. The summed E-state index contributed by atoms with van der Waals surface area (Å²) >= 11 is 1.87. The number of hydrogen-bond acceptors (Lipinski definition) is 2. The summed E-state index contributed by atoms with van der Waals surface area (Å²) in [6.45, 7) is 0. The van der Waals surface area contributed by atoms with Gasteiger partial charge in [0.15, 0.2) is 0 Å². The molecular formula is C48H30N2S. The van der Waals surface area contributed by atoms with Gasteiger partial charge in [-0.2, -0.15) is 0 Å². The van der Waals surface area contributed by atoms with Crippen molar-refractivity contribution in [3.05, 3.63) is 182 Å². The predicted molar refractivity (Wildman–Crippen MR) is 220 cm³/mol. The van der Waals surface area contributed by atoms with Crippen LogP contribution in [0.5, 0.6) is 0 Å². The first kappa shape index (κ1) is 28.4. The number of thiophene rings is 1. The SMILES string of the molecule is c1ccc(-c2cc(-c3ccccc3)cc(N(c3cccc4sc5ccccc5c34)c3cccc4c3c3cccc5c6ccccc6n4c53)c2)cc1. The lowest BCUT2D eigenvalue weighted by Gasteiger charge is -2.28. The van der Waals surface area contributed by atoms with E-state index in [-0.39, 0.29) is 0 Å². The summed E-state index contributed by atoms with van der Waals surface area (Å²) in [7, 11) is 0. The molecule has 238 valence electrons. The zero-order valence-corrected chi connectivity index (χ0v) is 28.4. The van der Waals surface area contributed by atoms with E-state index in [1.165, 1.54) is 91.9 Å². The minimum absolute atomic E-state index is 1.13. The van der Waals surface area contributed by atoms with Crippen LogP contribution in [0.15, 0.2) is 182 Å². The van der Waals surface area contributed by atoms with Crippen molar-refractivity contribution in [2.75, 3.05) is 4.90 Å². The third-order valence-electron chi connectivity index (χ3n) is 10.5. The third kappa shape index (κ3) is 4.22. The van der Waals surface area contributed by atoms with Gasteiger partial charge in [-0.05, 0) is 76.9 Å². The van der Waals surface area contributed by atoms with Crippen LogP contribution < -0.4 is 4.90 Å². The maximum Gasteiger partial charge on any atom is 0.0621 e. The van der Waals surface area contributed by atoms with Gasteiger partial charge in [0.25, 0.3) is 0 Å². The fraction of sp³-hybridized carbons (Fsp3) is 0. The fourth-order valence-corrected chi connectivity index (χ4v) is 9.46. The zero-order valence-electron chi connectivity index (χ0n) is 27.6. The van der Waals surface area contributed by atoms with Gasteiger partial charge in [0.05, 0.1) is 27.9 Å². The molecule has 0 saturated carbocycles. The molecule has 0 N–H and O–H groups in total. The number of hydrogen-bond donors (Lipinski definition) is 0. The van der Waals surface area contributed by atoms with Crippen molar-refractivity contribution in [1.82, 2.24) is 4.40 Å². The van der Waals surface area contributed by atoms with Gasteiger partial charge in [0.2, 0.25) is 0 Å². The number of fused-ring (bicyclic) bond motifs is 9. The molecule has 0 aliphatic carbocycles.